The normalized spacial score (nSPS) is 11.9. The molecule has 0 aromatic heterocycles. The van der Waals surface area contributed by atoms with Crippen LogP contribution in [0.2, 0.25) is 5.02 Å². The highest BCUT2D eigenvalue weighted by Crippen LogP contribution is 2.36. The van der Waals surface area contributed by atoms with Crippen LogP contribution in [0.1, 0.15) is 30.5 Å². The average Bonchev–Trinajstić information content (AvgIpc) is 3.05. The maximum Gasteiger partial charge on any atom is 0.264 e. The number of hydrogen-bond donors (Lipinski definition) is 1. The first-order valence-electron chi connectivity index (χ1n) is 15.1. The number of carbonyl (C=O) groups excluding carboxylic acids is 2. The molecule has 0 bridgehead atoms. The summed E-state index contributed by atoms with van der Waals surface area (Å²) in [7, 11) is -1.45. The monoisotopic (exact) mass is 677 g/mol. The van der Waals surface area contributed by atoms with Crippen molar-refractivity contribution >= 4 is 39.1 Å². The van der Waals surface area contributed by atoms with Gasteiger partial charge in [-0.3, -0.25) is 13.9 Å². The topological polar surface area (TPSA) is 105 Å². The second-order valence-electron chi connectivity index (χ2n) is 11.4. The Hall–Kier alpha value is -4.54. The Balaban J connectivity index is 1.87. The van der Waals surface area contributed by atoms with Gasteiger partial charge in [-0.2, -0.15) is 0 Å². The van der Waals surface area contributed by atoms with Crippen LogP contribution >= 0.6 is 11.6 Å². The van der Waals surface area contributed by atoms with Crippen LogP contribution in [-0.4, -0.2) is 58.0 Å². The summed E-state index contributed by atoms with van der Waals surface area (Å²) in [4.78, 5) is 29.9. The maximum absolute atomic E-state index is 14.7. The third kappa shape index (κ3) is 9.05. The van der Waals surface area contributed by atoms with Crippen LogP contribution in [-0.2, 0) is 32.6 Å². The van der Waals surface area contributed by atoms with Crippen LogP contribution in [0, 0.1) is 6.92 Å². The third-order valence-electron chi connectivity index (χ3n) is 7.49. The molecule has 248 valence electrons. The number of carbonyl (C=O) groups is 2. The molecule has 0 saturated carbocycles. The van der Waals surface area contributed by atoms with Gasteiger partial charge >= 0.3 is 0 Å². The molecule has 0 spiro atoms. The molecule has 4 rings (SSSR count). The predicted molar refractivity (Wildman–Crippen MR) is 184 cm³/mol. The summed E-state index contributed by atoms with van der Waals surface area (Å²) in [6, 6.07) is 26.2. The van der Waals surface area contributed by atoms with Crippen LogP contribution < -0.4 is 19.1 Å². The molecule has 0 aliphatic rings. The van der Waals surface area contributed by atoms with E-state index in [1.165, 1.54) is 37.3 Å². The fourth-order valence-corrected chi connectivity index (χ4v) is 6.74. The summed E-state index contributed by atoms with van der Waals surface area (Å²) in [6.07, 6.45) is 0.193. The van der Waals surface area contributed by atoms with Crippen LogP contribution in [0.5, 0.6) is 11.5 Å². The molecule has 0 saturated heterocycles. The number of methoxy groups -OCH3 is 2. The Bertz CT molecular complexity index is 1780. The first-order chi connectivity index (χ1) is 22.4. The van der Waals surface area contributed by atoms with Gasteiger partial charge in [0.1, 0.15) is 24.1 Å². The van der Waals surface area contributed by atoms with Crippen LogP contribution in [0.3, 0.4) is 0 Å². The van der Waals surface area contributed by atoms with Gasteiger partial charge in [0, 0.05) is 30.1 Å². The molecule has 11 heteroatoms. The highest BCUT2D eigenvalue weighted by molar-refractivity contribution is 7.92. The Kier molecular flexibility index (Phi) is 11.9. The molecule has 1 atom stereocenters. The van der Waals surface area contributed by atoms with E-state index in [1.54, 1.807) is 48.5 Å². The molecule has 0 unspecified atom stereocenters. The maximum atomic E-state index is 14.7. The van der Waals surface area contributed by atoms with Crippen LogP contribution in [0.25, 0.3) is 0 Å². The standard InChI is InChI=1S/C36H40ClN3O6S/c1-25(2)38-36(42)33(21-27-10-7-6-8-11-27)39(23-28-12-9-13-29(37)20-28)35(41)24-40(32-22-30(45-4)16-19-34(32)46-5)47(43,44)31-17-14-26(3)15-18-31/h6-20,22,25,33H,21,23-24H2,1-5H3,(H,38,42)/t33-/m1/s1. The quantitative estimate of drug-likeness (QED) is 0.175. The highest BCUT2D eigenvalue weighted by Gasteiger charge is 2.36. The zero-order valence-corrected chi connectivity index (χ0v) is 28.7. The van der Waals surface area contributed by atoms with Crippen LogP contribution in [0.15, 0.2) is 102 Å². The van der Waals surface area contributed by atoms with E-state index in [0.717, 1.165) is 15.4 Å². The van der Waals surface area contributed by atoms with Gasteiger partial charge in [0.25, 0.3) is 10.0 Å². The summed E-state index contributed by atoms with van der Waals surface area (Å²) in [6.45, 7) is 4.89. The number of benzene rings is 4. The number of nitrogens with zero attached hydrogens (tertiary/aromatic N) is 2. The van der Waals surface area contributed by atoms with E-state index in [0.29, 0.717) is 16.3 Å². The number of aryl methyl sites for hydroxylation is 1. The van der Waals surface area contributed by atoms with Crippen molar-refractivity contribution in [1.82, 2.24) is 10.2 Å². The van der Waals surface area contributed by atoms with Gasteiger partial charge in [0.15, 0.2) is 0 Å². The first kappa shape index (κ1) is 35.3. The molecule has 4 aromatic rings. The lowest BCUT2D eigenvalue weighted by molar-refractivity contribution is -0.140. The number of hydrogen-bond acceptors (Lipinski definition) is 6. The molecule has 2 amide bonds. The van der Waals surface area contributed by atoms with Crippen LogP contribution in [0.4, 0.5) is 5.69 Å². The van der Waals surface area contributed by atoms with E-state index in [1.807, 2.05) is 51.1 Å². The third-order valence-corrected chi connectivity index (χ3v) is 9.50. The SMILES string of the molecule is COc1ccc(OC)c(N(CC(=O)N(Cc2cccc(Cl)c2)[C@H](Cc2ccccc2)C(=O)NC(C)C)S(=O)(=O)c2ccc(C)cc2)c1. The lowest BCUT2D eigenvalue weighted by Crippen LogP contribution is -2.54. The molecule has 0 heterocycles. The van der Waals surface area contributed by atoms with E-state index >= 15 is 0 Å². The summed E-state index contributed by atoms with van der Waals surface area (Å²) in [5, 5.41) is 3.41. The molecule has 4 aromatic carbocycles. The smallest absolute Gasteiger partial charge is 0.264 e. The average molecular weight is 678 g/mol. The minimum absolute atomic E-state index is 0.00390. The van der Waals surface area contributed by atoms with E-state index in [-0.39, 0.29) is 41.2 Å². The number of anilines is 1. The summed E-state index contributed by atoms with van der Waals surface area (Å²) in [5.41, 5.74) is 2.49. The Morgan fingerprint density at radius 2 is 1.53 bits per heavy atom. The van der Waals surface area contributed by atoms with Gasteiger partial charge in [0.05, 0.1) is 24.8 Å². The number of sulfonamides is 1. The molecular formula is C36H40ClN3O6S. The van der Waals surface area contributed by atoms with E-state index in [4.69, 9.17) is 21.1 Å². The van der Waals surface area contributed by atoms with Crippen molar-refractivity contribution in [3.63, 3.8) is 0 Å². The molecule has 47 heavy (non-hydrogen) atoms. The Morgan fingerprint density at radius 1 is 0.851 bits per heavy atom. The molecule has 0 fully saturated rings. The number of nitrogens with one attached hydrogen (secondary N) is 1. The van der Waals surface area contributed by atoms with Crippen molar-refractivity contribution in [2.75, 3.05) is 25.1 Å². The minimum atomic E-state index is -4.33. The second-order valence-corrected chi connectivity index (χ2v) is 13.7. The molecule has 9 nitrogen and oxygen atoms in total. The number of amides is 2. The summed E-state index contributed by atoms with van der Waals surface area (Å²) in [5.74, 6) is -0.392. The van der Waals surface area contributed by atoms with Gasteiger partial charge in [0.2, 0.25) is 11.8 Å². The van der Waals surface area contributed by atoms with Gasteiger partial charge in [-0.15, -0.1) is 0 Å². The first-order valence-corrected chi connectivity index (χ1v) is 16.9. The predicted octanol–water partition coefficient (Wildman–Crippen LogP) is 6.03. The van der Waals surface area contributed by atoms with Crippen molar-refractivity contribution < 1.29 is 27.5 Å². The van der Waals surface area contributed by atoms with E-state index < -0.39 is 28.5 Å². The lowest BCUT2D eigenvalue weighted by Gasteiger charge is -2.34. The fraction of sp³-hybridized carbons (Fsp3) is 0.278. The van der Waals surface area contributed by atoms with Crippen molar-refractivity contribution in [1.29, 1.82) is 0 Å². The Morgan fingerprint density at radius 3 is 2.15 bits per heavy atom. The lowest BCUT2D eigenvalue weighted by atomic mass is 10.0. The summed E-state index contributed by atoms with van der Waals surface area (Å²) < 4.78 is 40.7. The number of rotatable bonds is 14. The van der Waals surface area contributed by atoms with Gasteiger partial charge in [-0.05, 0) is 68.3 Å². The fourth-order valence-electron chi connectivity index (χ4n) is 5.11. The van der Waals surface area contributed by atoms with Gasteiger partial charge < -0.3 is 19.7 Å². The number of halogens is 1. The minimum Gasteiger partial charge on any atom is -0.497 e. The molecule has 0 aliphatic heterocycles. The molecular weight excluding hydrogens is 638 g/mol. The number of ether oxygens (including phenoxy) is 2. The van der Waals surface area contributed by atoms with Gasteiger partial charge in [-0.25, -0.2) is 8.42 Å². The zero-order valence-electron chi connectivity index (χ0n) is 27.1. The largest absolute Gasteiger partial charge is 0.497 e. The van der Waals surface area contributed by atoms with E-state index in [9.17, 15) is 18.0 Å². The highest BCUT2D eigenvalue weighted by atomic mass is 35.5. The Labute approximate surface area is 282 Å². The zero-order chi connectivity index (χ0) is 34.1. The molecule has 1 N–H and O–H groups in total. The van der Waals surface area contributed by atoms with Crippen molar-refractivity contribution in [2.45, 2.75) is 50.7 Å². The molecule has 0 aliphatic carbocycles. The van der Waals surface area contributed by atoms with Crippen molar-refractivity contribution in [3.05, 3.63) is 119 Å². The second kappa shape index (κ2) is 15.8. The molecule has 0 radical (unpaired) electrons. The van der Waals surface area contributed by atoms with Crippen molar-refractivity contribution in [3.8, 4) is 11.5 Å². The van der Waals surface area contributed by atoms with Crippen molar-refractivity contribution in [2.24, 2.45) is 0 Å². The van der Waals surface area contributed by atoms with Gasteiger partial charge in [-0.1, -0.05) is 71.8 Å². The summed E-state index contributed by atoms with van der Waals surface area (Å²) >= 11 is 6.32. The van der Waals surface area contributed by atoms with E-state index in [2.05, 4.69) is 5.32 Å².